The quantitative estimate of drug-likeness (QED) is 0.558. The summed E-state index contributed by atoms with van der Waals surface area (Å²) in [5, 5.41) is 5.14. The maximum absolute atomic E-state index is 6.34. The van der Waals surface area contributed by atoms with Gasteiger partial charge in [0.1, 0.15) is 0 Å². The topological polar surface area (TPSA) is 15.3 Å². The zero-order chi connectivity index (χ0) is 18.8. The normalized spacial score (nSPS) is 23.4. The monoisotopic (exact) mass is 466 g/mol. The molecule has 1 aliphatic carbocycles. The van der Waals surface area contributed by atoms with Gasteiger partial charge in [-0.25, -0.2) is 0 Å². The Balaban J connectivity index is 1.48. The lowest BCUT2D eigenvalue weighted by atomic mass is 9.74. The first-order valence-electron chi connectivity index (χ1n) is 9.76. The molecule has 1 heterocycles. The van der Waals surface area contributed by atoms with Crippen molar-refractivity contribution in [1.82, 2.24) is 10.2 Å². The first-order chi connectivity index (χ1) is 13.1. The van der Waals surface area contributed by atoms with Crippen LogP contribution in [0.4, 0.5) is 0 Å². The Labute approximate surface area is 180 Å². The average molecular weight is 468 g/mol. The molecule has 144 valence electrons. The van der Waals surface area contributed by atoms with Gasteiger partial charge in [-0.3, -0.25) is 4.90 Å². The van der Waals surface area contributed by atoms with E-state index in [2.05, 4.69) is 62.5 Å². The van der Waals surface area contributed by atoms with Crippen LogP contribution in [0.3, 0.4) is 0 Å². The molecule has 2 fully saturated rings. The lowest BCUT2D eigenvalue weighted by Crippen LogP contribution is -2.51. The Bertz CT molecular complexity index is 786. The van der Waals surface area contributed by atoms with Crippen LogP contribution in [0.15, 0.2) is 46.9 Å². The lowest BCUT2D eigenvalue weighted by molar-refractivity contribution is 0.0435. The molecule has 2 nitrogen and oxygen atoms in total. The smallest absolute Gasteiger partial charge is 0.0551 e. The van der Waals surface area contributed by atoms with E-state index in [4.69, 9.17) is 23.2 Å². The number of hydrogen-bond acceptors (Lipinski definition) is 2. The van der Waals surface area contributed by atoms with E-state index in [0.29, 0.717) is 18.0 Å². The third-order valence-corrected chi connectivity index (χ3v) is 7.50. The highest BCUT2D eigenvalue weighted by Gasteiger charge is 2.37. The van der Waals surface area contributed by atoms with Crippen molar-refractivity contribution in [2.45, 2.75) is 50.2 Å². The minimum Gasteiger partial charge on any atom is -0.317 e. The van der Waals surface area contributed by atoms with Crippen LogP contribution >= 0.6 is 39.1 Å². The summed E-state index contributed by atoms with van der Waals surface area (Å²) >= 11 is 16.0. The Morgan fingerprint density at radius 1 is 1.00 bits per heavy atom. The molecule has 1 saturated heterocycles. The predicted molar refractivity (Wildman–Crippen MR) is 118 cm³/mol. The molecule has 5 heteroatoms. The first kappa shape index (κ1) is 19.7. The van der Waals surface area contributed by atoms with Gasteiger partial charge in [-0.2, -0.15) is 0 Å². The number of halogens is 3. The van der Waals surface area contributed by atoms with Crippen molar-refractivity contribution in [1.29, 1.82) is 0 Å². The van der Waals surface area contributed by atoms with Crippen molar-refractivity contribution in [3.05, 3.63) is 68.1 Å². The van der Waals surface area contributed by atoms with Crippen LogP contribution in [0.5, 0.6) is 0 Å². The lowest BCUT2D eigenvalue weighted by Gasteiger charge is -2.48. The maximum Gasteiger partial charge on any atom is 0.0551 e. The molecule has 27 heavy (non-hydrogen) atoms. The second kappa shape index (κ2) is 8.84. The molecule has 1 aliphatic heterocycles. The van der Waals surface area contributed by atoms with Gasteiger partial charge in [0.2, 0.25) is 0 Å². The first-order valence-corrected chi connectivity index (χ1v) is 11.3. The molecule has 1 saturated carbocycles. The summed E-state index contributed by atoms with van der Waals surface area (Å²) in [5.74, 6) is 0.631. The Morgan fingerprint density at radius 3 is 2.48 bits per heavy atom. The zero-order valence-electron chi connectivity index (χ0n) is 15.3. The highest BCUT2D eigenvalue weighted by molar-refractivity contribution is 9.10. The molecule has 2 aromatic rings. The molecule has 0 unspecified atom stereocenters. The Hall–Kier alpha value is -0.580. The molecule has 0 spiro atoms. The van der Waals surface area contributed by atoms with Crippen molar-refractivity contribution < 1.29 is 0 Å². The summed E-state index contributed by atoms with van der Waals surface area (Å²) in [7, 11) is 0. The summed E-state index contributed by atoms with van der Waals surface area (Å²) in [5.41, 5.74) is 2.68. The maximum atomic E-state index is 6.34. The molecule has 1 N–H and O–H groups in total. The van der Waals surface area contributed by atoms with Gasteiger partial charge in [0.05, 0.1) is 5.02 Å². The van der Waals surface area contributed by atoms with E-state index in [1.165, 1.54) is 36.8 Å². The van der Waals surface area contributed by atoms with E-state index in [-0.39, 0.29) is 0 Å². The van der Waals surface area contributed by atoms with E-state index >= 15 is 0 Å². The fraction of sp³-hybridized carbons (Fsp3) is 0.455. The van der Waals surface area contributed by atoms with Crippen LogP contribution in [0.1, 0.15) is 42.7 Å². The summed E-state index contributed by atoms with van der Waals surface area (Å²) in [6.07, 6.45) is 4.88. The number of nitrogens with one attached hydrogen (secondary N) is 1. The largest absolute Gasteiger partial charge is 0.317 e. The minimum absolute atomic E-state index is 0.631. The standard InChI is InChI=1S/C22H25BrCl2N2/c23-21-5-4-15(10-22(21)25)14-27(19-6-8-26-9-7-19)20-12-17(13-20)16-2-1-3-18(24)11-16/h1-5,10-11,17,19-20,26H,6-9,12-14H2. The highest BCUT2D eigenvalue weighted by atomic mass is 79.9. The summed E-state index contributed by atoms with van der Waals surface area (Å²) in [6, 6.07) is 16.0. The van der Waals surface area contributed by atoms with Gasteiger partial charge >= 0.3 is 0 Å². The SMILES string of the molecule is Clc1cccc(C2CC(N(Cc3ccc(Br)c(Cl)c3)C3CCNCC3)C2)c1. The fourth-order valence-electron chi connectivity index (χ4n) is 4.43. The van der Waals surface area contributed by atoms with Gasteiger partial charge in [0.25, 0.3) is 0 Å². The van der Waals surface area contributed by atoms with Gasteiger partial charge in [-0.05, 0) is 96.0 Å². The van der Waals surface area contributed by atoms with Gasteiger partial charge in [-0.15, -0.1) is 0 Å². The van der Waals surface area contributed by atoms with Crippen molar-refractivity contribution in [3.8, 4) is 0 Å². The second-order valence-corrected chi connectivity index (χ2v) is 9.48. The molecular weight excluding hydrogens is 443 g/mol. The second-order valence-electron chi connectivity index (χ2n) is 7.78. The van der Waals surface area contributed by atoms with Crippen molar-refractivity contribution in [2.75, 3.05) is 13.1 Å². The van der Waals surface area contributed by atoms with E-state index in [1.807, 2.05) is 6.07 Å². The molecule has 0 radical (unpaired) electrons. The average Bonchev–Trinajstić information content (AvgIpc) is 2.63. The van der Waals surface area contributed by atoms with Crippen LogP contribution in [0.2, 0.25) is 10.0 Å². The van der Waals surface area contributed by atoms with Crippen LogP contribution in [0.25, 0.3) is 0 Å². The van der Waals surface area contributed by atoms with E-state index in [0.717, 1.165) is 34.2 Å². The minimum atomic E-state index is 0.631. The van der Waals surface area contributed by atoms with Crippen molar-refractivity contribution in [3.63, 3.8) is 0 Å². The van der Waals surface area contributed by atoms with Crippen molar-refractivity contribution >= 4 is 39.1 Å². The number of hydrogen-bond donors (Lipinski definition) is 1. The Morgan fingerprint density at radius 2 is 1.78 bits per heavy atom. The number of benzene rings is 2. The Kier molecular flexibility index (Phi) is 6.45. The van der Waals surface area contributed by atoms with Crippen LogP contribution in [-0.2, 0) is 6.54 Å². The third kappa shape index (κ3) is 4.71. The molecule has 0 amide bonds. The molecule has 0 bridgehead atoms. The molecule has 4 rings (SSSR count). The summed E-state index contributed by atoms with van der Waals surface area (Å²) < 4.78 is 0.964. The number of rotatable bonds is 5. The van der Waals surface area contributed by atoms with Crippen LogP contribution < -0.4 is 5.32 Å². The molecular formula is C22H25BrCl2N2. The van der Waals surface area contributed by atoms with E-state index in [9.17, 15) is 0 Å². The van der Waals surface area contributed by atoms with Gasteiger partial charge in [0, 0.05) is 28.1 Å². The number of nitrogens with zero attached hydrogens (tertiary/aromatic N) is 1. The summed E-state index contributed by atoms with van der Waals surface area (Å²) in [4.78, 5) is 2.74. The number of piperidine rings is 1. The molecule has 0 aromatic heterocycles. The van der Waals surface area contributed by atoms with Crippen LogP contribution in [0, 0.1) is 0 Å². The van der Waals surface area contributed by atoms with Gasteiger partial charge < -0.3 is 5.32 Å². The highest BCUT2D eigenvalue weighted by Crippen LogP contribution is 2.42. The van der Waals surface area contributed by atoms with Gasteiger partial charge in [0.15, 0.2) is 0 Å². The van der Waals surface area contributed by atoms with Gasteiger partial charge in [-0.1, -0.05) is 41.4 Å². The summed E-state index contributed by atoms with van der Waals surface area (Å²) in [6.45, 7) is 3.21. The zero-order valence-corrected chi connectivity index (χ0v) is 18.4. The predicted octanol–water partition coefficient (Wildman–Crippen LogP) is 6.26. The van der Waals surface area contributed by atoms with E-state index < -0.39 is 0 Å². The molecule has 0 atom stereocenters. The fourth-order valence-corrected chi connectivity index (χ4v) is 5.08. The third-order valence-electron chi connectivity index (χ3n) is 6.03. The molecule has 2 aliphatic rings. The van der Waals surface area contributed by atoms with Crippen molar-refractivity contribution in [2.24, 2.45) is 0 Å². The van der Waals surface area contributed by atoms with Crippen LogP contribution in [-0.4, -0.2) is 30.1 Å². The van der Waals surface area contributed by atoms with E-state index in [1.54, 1.807) is 0 Å². The molecule has 2 aromatic carbocycles.